The molecule has 1 rings (SSSR count). The predicted octanol–water partition coefficient (Wildman–Crippen LogP) is 2.42. The van der Waals surface area contributed by atoms with Crippen molar-refractivity contribution in [2.45, 2.75) is 25.8 Å². The second kappa shape index (κ2) is 5.08. The number of nitrogens with one attached hydrogen (secondary N) is 1. The lowest BCUT2D eigenvalue weighted by Gasteiger charge is -2.26. The monoisotopic (exact) mass is 236 g/mol. The fourth-order valence-corrected chi connectivity index (χ4v) is 1.45. The van der Waals surface area contributed by atoms with E-state index in [-0.39, 0.29) is 0 Å². The number of benzene rings is 1. The first-order chi connectivity index (χ1) is 7.89. The third-order valence-corrected chi connectivity index (χ3v) is 2.98. The fourth-order valence-electron chi connectivity index (χ4n) is 1.45. The number of hydrogen-bond acceptors (Lipinski definition) is 3. The van der Waals surface area contributed by atoms with E-state index in [0.29, 0.717) is 6.42 Å². The lowest BCUT2D eigenvalue weighted by Crippen LogP contribution is -2.42. The normalized spacial score (nSPS) is 13.9. The molecule has 0 saturated heterocycles. The van der Waals surface area contributed by atoms with Gasteiger partial charge in [-0.25, -0.2) is 4.79 Å². The molecule has 94 valence electrons. The van der Waals surface area contributed by atoms with Crippen LogP contribution in [0.1, 0.15) is 20.3 Å². The fraction of sp³-hybridized carbons (Fsp3) is 0.462. The van der Waals surface area contributed by atoms with Crippen molar-refractivity contribution in [2.24, 2.45) is 0 Å². The molecular formula is C13H20N2O2. The molecule has 0 amide bonds. The third-order valence-electron chi connectivity index (χ3n) is 2.98. The summed E-state index contributed by atoms with van der Waals surface area (Å²) < 4.78 is 0. The minimum absolute atomic E-state index is 0.526. The van der Waals surface area contributed by atoms with Gasteiger partial charge < -0.3 is 15.3 Å². The molecule has 2 N–H and O–H groups in total. The van der Waals surface area contributed by atoms with Crippen LogP contribution in [-0.4, -0.2) is 30.7 Å². The van der Waals surface area contributed by atoms with Crippen molar-refractivity contribution in [3.05, 3.63) is 24.3 Å². The van der Waals surface area contributed by atoms with E-state index in [2.05, 4.69) is 5.32 Å². The van der Waals surface area contributed by atoms with Gasteiger partial charge in [-0.1, -0.05) is 6.92 Å². The highest BCUT2D eigenvalue weighted by molar-refractivity contribution is 5.82. The second-order valence-corrected chi connectivity index (χ2v) is 4.56. The van der Waals surface area contributed by atoms with E-state index in [0.717, 1.165) is 11.4 Å². The maximum absolute atomic E-state index is 11.2. The minimum Gasteiger partial charge on any atom is -0.480 e. The summed E-state index contributed by atoms with van der Waals surface area (Å²) >= 11 is 0. The Balaban J connectivity index is 2.85. The van der Waals surface area contributed by atoms with Crippen LogP contribution in [0, 0.1) is 0 Å². The van der Waals surface area contributed by atoms with Crippen molar-refractivity contribution in [1.82, 2.24) is 0 Å². The Kier molecular flexibility index (Phi) is 3.99. The Hall–Kier alpha value is -1.71. The molecule has 0 aliphatic heterocycles. The number of aliphatic carboxylic acids is 1. The van der Waals surface area contributed by atoms with Crippen LogP contribution in [0.2, 0.25) is 0 Å². The van der Waals surface area contributed by atoms with Gasteiger partial charge in [0, 0.05) is 25.5 Å². The first-order valence-corrected chi connectivity index (χ1v) is 5.68. The predicted molar refractivity (Wildman–Crippen MR) is 70.7 cm³/mol. The van der Waals surface area contributed by atoms with Crippen LogP contribution in [0.15, 0.2) is 24.3 Å². The molecule has 4 nitrogen and oxygen atoms in total. The minimum atomic E-state index is -0.917. The largest absolute Gasteiger partial charge is 0.480 e. The zero-order valence-electron chi connectivity index (χ0n) is 10.8. The van der Waals surface area contributed by atoms with E-state index < -0.39 is 11.5 Å². The van der Waals surface area contributed by atoms with E-state index in [1.54, 1.807) is 6.92 Å². The van der Waals surface area contributed by atoms with E-state index in [1.807, 2.05) is 50.2 Å². The molecule has 0 heterocycles. The van der Waals surface area contributed by atoms with Gasteiger partial charge in [-0.3, -0.25) is 0 Å². The number of nitrogens with zero attached hydrogens (tertiary/aromatic N) is 1. The summed E-state index contributed by atoms with van der Waals surface area (Å²) in [4.78, 5) is 13.2. The Morgan fingerprint density at radius 1 is 1.35 bits per heavy atom. The molecule has 0 fully saturated rings. The van der Waals surface area contributed by atoms with Crippen LogP contribution in [0.4, 0.5) is 11.4 Å². The zero-order chi connectivity index (χ0) is 13.1. The smallest absolute Gasteiger partial charge is 0.329 e. The van der Waals surface area contributed by atoms with Gasteiger partial charge in [0.1, 0.15) is 5.54 Å². The number of carboxylic acid groups (broad SMARTS) is 1. The summed E-state index contributed by atoms with van der Waals surface area (Å²) in [6, 6.07) is 7.71. The highest BCUT2D eigenvalue weighted by atomic mass is 16.4. The van der Waals surface area contributed by atoms with Crippen LogP contribution in [0.5, 0.6) is 0 Å². The van der Waals surface area contributed by atoms with Gasteiger partial charge in [-0.2, -0.15) is 0 Å². The van der Waals surface area contributed by atoms with Gasteiger partial charge in [0.05, 0.1) is 0 Å². The molecule has 1 aromatic carbocycles. The van der Waals surface area contributed by atoms with Crippen LogP contribution in [0.3, 0.4) is 0 Å². The Bertz CT molecular complexity index is 387. The lowest BCUT2D eigenvalue weighted by molar-refractivity contribution is -0.141. The van der Waals surface area contributed by atoms with E-state index in [9.17, 15) is 4.79 Å². The van der Waals surface area contributed by atoms with Crippen molar-refractivity contribution in [3.63, 3.8) is 0 Å². The standard InChI is InChI=1S/C13H20N2O2/c1-5-13(2,12(16)17)14-10-6-8-11(9-7-10)15(3)4/h6-9,14H,5H2,1-4H3,(H,16,17). The second-order valence-electron chi connectivity index (χ2n) is 4.56. The van der Waals surface area contributed by atoms with Gasteiger partial charge >= 0.3 is 5.97 Å². The van der Waals surface area contributed by atoms with E-state index >= 15 is 0 Å². The lowest BCUT2D eigenvalue weighted by atomic mass is 9.99. The van der Waals surface area contributed by atoms with Crippen LogP contribution in [-0.2, 0) is 4.79 Å². The molecule has 0 aliphatic rings. The molecule has 0 saturated carbocycles. The van der Waals surface area contributed by atoms with Crippen molar-refractivity contribution in [1.29, 1.82) is 0 Å². The number of carbonyl (C=O) groups is 1. The summed E-state index contributed by atoms with van der Waals surface area (Å²) in [6.07, 6.45) is 0.526. The Morgan fingerprint density at radius 3 is 2.24 bits per heavy atom. The number of hydrogen-bond donors (Lipinski definition) is 2. The zero-order valence-corrected chi connectivity index (χ0v) is 10.8. The summed E-state index contributed by atoms with van der Waals surface area (Å²) in [5.41, 5.74) is 0.992. The third kappa shape index (κ3) is 3.12. The van der Waals surface area contributed by atoms with Crippen molar-refractivity contribution < 1.29 is 9.90 Å². The van der Waals surface area contributed by atoms with Gasteiger partial charge in [0.2, 0.25) is 0 Å². The summed E-state index contributed by atoms with van der Waals surface area (Å²) in [6.45, 7) is 3.55. The Labute approximate surface area is 102 Å². The summed E-state index contributed by atoms with van der Waals surface area (Å²) in [5.74, 6) is -0.836. The summed E-state index contributed by atoms with van der Waals surface area (Å²) in [7, 11) is 3.94. The maximum Gasteiger partial charge on any atom is 0.329 e. The number of rotatable bonds is 5. The van der Waals surface area contributed by atoms with Crippen LogP contribution < -0.4 is 10.2 Å². The molecule has 1 unspecified atom stereocenters. The van der Waals surface area contributed by atoms with Gasteiger partial charge in [-0.15, -0.1) is 0 Å². The molecular weight excluding hydrogens is 216 g/mol. The maximum atomic E-state index is 11.2. The number of anilines is 2. The molecule has 0 bridgehead atoms. The topological polar surface area (TPSA) is 52.6 Å². The van der Waals surface area contributed by atoms with Crippen molar-refractivity contribution in [3.8, 4) is 0 Å². The number of carboxylic acids is 1. The highest BCUT2D eigenvalue weighted by Gasteiger charge is 2.30. The molecule has 0 aliphatic carbocycles. The molecule has 1 atom stereocenters. The molecule has 4 heteroatoms. The van der Waals surface area contributed by atoms with Gasteiger partial charge in [-0.05, 0) is 37.6 Å². The van der Waals surface area contributed by atoms with E-state index in [1.165, 1.54) is 0 Å². The van der Waals surface area contributed by atoms with Crippen LogP contribution in [0.25, 0.3) is 0 Å². The molecule has 0 aromatic heterocycles. The molecule has 0 radical (unpaired) electrons. The van der Waals surface area contributed by atoms with Gasteiger partial charge in [0.25, 0.3) is 0 Å². The molecule has 0 spiro atoms. The highest BCUT2D eigenvalue weighted by Crippen LogP contribution is 2.21. The van der Waals surface area contributed by atoms with E-state index in [4.69, 9.17) is 5.11 Å². The summed E-state index contributed by atoms with van der Waals surface area (Å²) in [5, 5.41) is 12.2. The molecule has 1 aromatic rings. The van der Waals surface area contributed by atoms with Gasteiger partial charge in [0.15, 0.2) is 0 Å². The quantitative estimate of drug-likeness (QED) is 0.824. The van der Waals surface area contributed by atoms with Crippen molar-refractivity contribution >= 4 is 17.3 Å². The first kappa shape index (κ1) is 13.4. The molecule has 17 heavy (non-hydrogen) atoms. The first-order valence-electron chi connectivity index (χ1n) is 5.68. The average molecular weight is 236 g/mol. The SMILES string of the molecule is CCC(C)(Nc1ccc(N(C)C)cc1)C(=O)O. The van der Waals surface area contributed by atoms with Crippen molar-refractivity contribution in [2.75, 3.05) is 24.3 Å². The average Bonchev–Trinajstić information content (AvgIpc) is 2.29. The Morgan fingerprint density at radius 2 is 1.88 bits per heavy atom. The van der Waals surface area contributed by atoms with Crippen LogP contribution >= 0.6 is 0 Å².